The fourth-order valence-electron chi connectivity index (χ4n) is 2.90. The summed E-state index contributed by atoms with van der Waals surface area (Å²) >= 11 is 0. The minimum Gasteiger partial charge on any atom is -0.249 e. The van der Waals surface area contributed by atoms with Gasteiger partial charge in [-0.1, -0.05) is 71.8 Å². The third kappa shape index (κ3) is 2.78. The predicted molar refractivity (Wildman–Crippen MR) is 99.3 cm³/mol. The fourth-order valence-corrected chi connectivity index (χ4v) is 2.90. The van der Waals surface area contributed by atoms with Crippen LogP contribution < -0.4 is 0 Å². The van der Waals surface area contributed by atoms with Gasteiger partial charge in [0.05, 0.1) is 13.1 Å². The molecule has 114 valence electrons. The molecule has 0 saturated heterocycles. The molecule has 0 aliphatic carbocycles. The van der Waals surface area contributed by atoms with E-state index >= 15 is 0 Å². The Bertz CT molecular complexity index is 919. The van der Waals surface area contributed by atoms with Gasteiger partial charge in [-0.05, 0) is 36.1 Å². The van der Waals surface area contributed by atoms with Crippen molar-refractivity contribution in [2.75, 3.05) is 0 Å². The average Bonchev–Trinajstić information content (AvgIpc) is 2.60. The Kier molecular flexibility index (Phi) is 4.15. The molecule has 0 saturated carbocycles. The number of hydrogen-bond acceptors (Lipinski definition) is 0. The van der Waals surface area contributed by atoms with Crippen molar-refractivity contribution < 1.29 is 0 Å². The van der Waals surface area contributed by atoms with Crippen LogP contribution in [0.2, 0.25) is 0 Å². The smallest absolute Gasteiger partial charge is 0.202 e. The van der Waals surface area contributed by atoms with E-state index in [9.17, 15) is 0 Å². The van der Waals surface area contributed by atoms with Crippen LogP contribution in [-0.2, 0) is 0 Å². The molecule has 0 aliphatic heterocycles. The number of aryl methyl sites for hydroxylation is 2. The first-order chi connectivity index (χ1) is 11.6. The molecule has 3 aromatic carbocycles. The third-order valence-electron chi connectivity index (χ3n) is 4.03. The van der Waals surface area contributed by atoms with Crippen molar-refractivity contribution in [3.8, 4) is 22.3 Å². The topological polar surface area (TPSA) is 8.72 Å². The van der Waals surface area contributed by atoms with Crippen LogP contribution in [0.15, 0.2) is 60.7 Å². The quantitative estimate of drug-likeness (QED) is 0.463. The Morgan fingerprint density at radius 1 is 0.625 bits per heavy atom. The van der Waals surface area contributed by atoms with Crippen molar-refractivity contribution in [2.24, 2.45) is 0 Å². The highest BCUT2D eigenvalue weighted by atomic mass is 14.8. The summed E-state index contributed by atoms with van der Waals surface area (Å²) in [6.45, 7) is 19.3. The van der Waals surface area contributed by atoms with E-state index < -0.39 is 0 Å². The minimum absolute atomic E-state index is 0.426. The second-order valence-corrected chi connectivity index (χ2v) is 5.82. The third-order valence-corrected chi connectivity index (χ3v) is 4.03. The standard InChI is InChI=1S/C22H16N2/c1-15-7-5-9-17(13-15)19-11-12-20(22(24-4)21(19)23-3)18-10-6-8-16(2)14-18/h5-14H,1-2H3. The first-order valence-corrected chi connectivity index (χ1v) is 7.70. The van der Waals surface area contributed by atoms with Crippen LogP contribution in [-0.4, -0.2) is 0 Å². The molecule has 0 spiro atoms. The number of rotatable bonds is 2. The van der Waals surface area contributed by atoms with Gasteiger partial charge in [0, 0.05) is 0 Å². The monoisotopic (exact) mass is 308 g/mol. The van der Waals surface area contributed by atoms with Gasteiger partial charge in [0.25, 0.3) is 0 Å². The summed E-state index contributed by atoms with van der Waals surface area (Å²) in [5.41, 5.74) is 6.70. The fraction of sp³-hybridized carbons (Fsp3) is 0.0909. The lowest BCUT2D eigenvalue weighted by Gasteiger charge is -2.12. The maximum Gasteiger partial charge on any atom is 0.202 e. The molecule has 3 rings (SSSR count). The van der Waals surface area contributed by atoms with Crippen molar-refractivity contribution in [1.82, 2.24) is 0 Å². The molecular weight excluding hydrogens is 292 g/mol. The SMILES string of the molecule is [C-]#[N+]c1c(-c2cccc(C)c2)ccc(-c2cccc(C)c2)c1[N+]#[C-]. The number of benzene rings is 3. The molecule has 0 heterocycles. The van der Waals surface area contributed by atoms with Crippen LogP contribution in [0.5, 0.6) is 0 Å². The Balaban J connectivity index is 2.27. The molecule has 0 aliphatic rings. The lowest BCUT2D eigenvalue weighted by atomic mass is 9.95. The van der Waals surface area contributed by atoms with Gasteiger partial charge < -0.3 is 0 Å². The molecule has 0 N–H and O–H groups in total. The van der Waals surface area contributed by atoms with E-state index in [-0.39, 0.29) is 0 Å². The molecule has 0 unspecified atom stereocenters. The summed E-state index contributed by atoms with van der Waals surface area (Å²) < 4.78 is 0. The van der Waals surface area contributed by atoms with Crippen LogP contribution in [0.3, 0.4) is 0 Å². The minimum atomic E-state index is 0.426. The summed E-state index contributed by atoms with van der Waals surface area (Å²) in [6, 6.07) is 20.0. The van der Waals surface area contributed by atoms with Crippen LogP contribution in [0.4, 0.5) is 11.4 Å². The largest absolute Gasteiger partial charge is 0.249 e. The Labute approximate surface area is 142 Å². The van der Waals surface area contributed by atoms with Gasteiger partial charge in [-0.3, -0.25) is 0 Å². The van der Waals surface area contributed by atoms with Crippen molar-refractivity contribution in [1.29, 1.82) is 0 Å². The van der Waals surface area contributed by atoms with E-state index in [0.29, 0.717) is 11.4 Å². The lowest BCUT2D eigenvalue weighted by molar-refractivity contribution is 1.46. The van der Waals surface area contributed by atoms with Crippen LogP contribution in [0.25, 0.3) is 31.9 Å². The molecule has 24 heavy (non-hydrogen) atoms. The lowest BCUT2D eigenvalue weighted by Crippen LogP contribution is -1.85. The normalized spacial score (nSPS) is 10.0. The van der Waals surface area contributed by atoms with Gasteiger partial charge in [-0.25, -0.2) is 9.69 Å². The highest BCUT2D eigenvalue weighted by molar-refractivity contribution is 5.97. The van der Waals surface area contributed by atoms with Gasteiger partial charge >= 0.3 is 0 Å². The highest BCUT2D eigenvalue weighted by Crippen LogP contribution is 2.45. The van der Waals surface area contributed by atoms with Gasteiger partial charge in [0.2, 0.25) is 11.4 Å². The summed E-state index contributed by atoms with van der Waals surface area (Å²) in [5.74, 6) is 0. The average molecular weight is 308 g/mol. The van der Waals surface area contributed by atoms with Crippen LogP contribution >= 0.6 is 0 Å². The van der Waals surface area contributed by atoms with Crippen molar-refractivity contribution in [3.05, 3.63) is 94.6 Å². The van der Waals surface area contributed by atoms with Gasteiger partial charge in [-0.15, -0.1) is 0 Å². The zero-order chi connectivity index (χ0) is 17.1. The molecule has 0 aromatic heterocycles. The van der Waals surface area contributed by atoms with E-state index in [1.165, 1.54) is 0 Å². The van der Waals surface area contributed by atoms with Gasteiger partial charge in [0.1, 0.15) is 0 Å². The second kappa shape index (κ2) is 6.41. The van der Waals surface area contributed by atoms with E-state index in [0.717, 1.165) is 33.4 Å². The van der Waals surface area contributed by atoms with Crippen molar-refractivity contribution >= 4 is 11.4 Å². The first-order valence-electron chi connectivity index (χ1n) is 7.70. The predicted octanol–water partition coefficient (Wildman–Crippen LogP) is 6.74. The number of nitrogens with zero attached hydrogens (tertiary/aromatic N) is 2. The first kappa shape index (κ1) is 15.5. The van der Waals surface area contributed by atoms with Crippen molar-refractivity contribution in [2.45, 2.75) is 13.8 Å². The Morgan fingerprint density at radius 2 is 1.04 bits per heavy atom. The van der Waals surface area contributed by atoms with E-state index in [2.05, 4.69) is 9.69 Å². The molecule has 0 radical (unpaired) electrons. The van der Waals surface area contributed by atoms with Crippen LogP contribution in [0.1, 0.15) is 11.1 Å². The molecular formula is C22H16N2. The summed E-state index contributed by atoms with van der Waals surface area (Å²) in [7, 11) is 0. The maximum absolute atomic E-state index is 7.61. The molecule has 2 heteroatoms. The Morgan fingerprint density at radius 3 is 1.38 bits per heavy atom. The molecule has 0 amide bonds. The zero-order valence-corrected chi connectivity index (χ0v) is 13.7. The summed E-state index contributed by atoms with van der Waals surface area (Å²) in [4.78, 5) is 7.38. The van der Waals surface area contributed by atoms with Crippen molar-refractivity contribution in [3.63, 3.8) is 0 Å². The van der Waals surface area contributed by atoms with Crippen LogP contribution in [0, 0.1) is 27.0 Å². The number of hydrogen-bond donors (Lipinski definition) is 0. The summed E-state index contributed by atoms with van der Waals surface area (Å²) in [5, 5.41) is 0. The molecule has 0 atom stereocenters. The Hall–Kier alpha value is -3.36. The van der Waals surface area contributed by atoms with E-state index in [4.69, 9.17) is 13.1 Å². The van der Waals surface area contributed by atoms with E-state index in [1.807, 2.05) is 74.5 Å². The maximum atomic E-state index is 7.61. The molecule has 0 bridgehead atoms. The molecule has 3 aromatic rings. The second-order valence-electron chi connectivity index (χ2n) is 5.82. The highest BCUT2D eigenvalue weighted by Gasteiger charge is 2.16. The molecule has 2 nitrogen and oxygen atoms in total. The van der Waals surface area contributed by atoms with Gasteiger partial charge in [0.15, 0.2) is 0 Å². The van der Waals surface area contributed by atoms with E-state index in [1.54, 1.807) is 0 Å². The molecule has 0 fully saturated rings. The summed E-state index contributed by atoms with van der Waals surface area (Å²) in [6.07, 6.45) is 0. The van der Waals surface area contributed by atoms with Gasteiger partial charge in [-0.2, -0.15) is 0 Å². The zero-order valence-electron chi connectivity index (χ0n) is 13.7.